The first-order chi connectivity index (χ1) is 12.0. The van der Waals surface area contributed by atoms with Gasteiger partial charge in [-0.05, 0) is 29.8 Å². The van der Waals surface area contributed by atoms with Crippen LogP contribution in [0.25, 0.3) is 0 Å². The summed E-state index contributed by atoms with van der Waals surface area (Å²) in [6.07, 6.45) is 3.09. The maximum atomic E-state index is 12.7. The topological polar surface area (TPSA) is 49.6 Å². The summed E-state index contributed by atoms with van der Waals surface area (Å²) in [5, 5.41) is 5.98. The molecule has 0 bridgehead atoms. The highest BCUT2D eigenvalue weighted by atomic mass is 19.4. The van der Waals surface area contributed by atoms with Crippen LogP contribution < -0.4 is 10.6 Å². The SMILES string of the molecule is C#CCNC(=NCc1cccc(C(F)(F)F)c1)NCCc1ccco1. The van der Waals surface area contributed by atoms with Gasteiger partial charge in [-0.25, -0.2) is 4.99 Å². The minimum absolute atomic E-state index is 0.102. The molecule has 1 aromatic heterocycles. The Morgan fingerprint density at radius 2 is 2.04 bits per heavy atom. The Bertz CT molecular complexity index is 731. The predicted molar refractivity (Wildman–Crippen MR) is 89.8 cm³/mol. The molecule has 0 amide bonds. The maximum absolute atomic E-state index is 12.7. The molecule has 0 saturated heterocycles. The van der Waals surface area contributed by atoms with Gasteiger partial charge in [-0.15, -0.1) is 6.42 Å². The molecular weight excluding hydrogens is 331 g/mol. The van der Waals surface area contributed by atoms with Gasteiger partial charge in [-0.2, -0.15) is 13.2 Å². The lowest BCUT2D eigenvalue weighted by molar-refractivity contribution is -0.137. The summed E-state index contributed by atoms with van der Waals surface area (Å²) in [5.41, 5.74) is -0.230. The number of terminal acetylenes is 1. The lowest BCUT2D eigenvalue weighted by Gasteiger charge is -2.11. The zero-order valence-electron chi connectivity index (χ0n) is 13.4. The third-order valence-corrected chi connectivity index (χ3v) is 3.28. The molecule has 4 nitrogen and oxygen atoms in total. The smallest absolute Gasteiger partial charge is 0.416 e. The van der Waals surface area contributed by atoms with Crippen molar-refractivity contribution in [2.45, 2.75) is 19.1 Å². The van der Waals surface area contributed by atoms with Crippen LogP contribution in [-0.2, 0) is 19.1 Å². The fourth-order valence-corrected chi connectivity index (χ4v) is 2.08. The molecule has 7 heteroatoms. The summed E-state index contributed by atoms with van der Waals surface area (Å²) in [5.74, 6) is 3.68. The van der Waals surface area contributed by atoms with Gasteiger partial charge >= 0.3 is 6.18 Å². The molecular formula is C18H18F3N3O. The van der Waals surface area contributed by atoms with E-state index in [4.69, 9.17) is 10.8 Å². The molecule has 0 fully saturated rings. The van der Waals surface area contributed by atoms with Crippen molar-refractivity contribution in [2.24, 2.45) is 4.99 Å². The van der Waals surface area contributed by atoms with Gasteiger partial charge in [0, 0.05) is 13.0 Å². The van der Waals surface area contributed by atoms with Crippen LogP contribution in [0.15, 0.2) is 52.1 Å². The zero-order chi connectivity index (χ0) is 18.1. The summed E-state index contributed by atoms with van der Waals surface area (Å²) in [6, 6.07) is 8.75. The number of rotatable bonds is 6. The van der Waals surface area contributed by atoms with E-state index in [0.29, 0.717) is 24.5 Å². The van der Waals surface area contributed by atoms with Crippen molar-refractivity contribution >= 4 is 5.96 Å². The number of furan rings is 1. The Labute approximate surface area is 144 Å². The largest absolute Gasteiger partial charge is 0.469 e. The Morgan fingerprint density at radius 1 is 1.20 bits per heavy atom. The number of aliphatic imine (C=N–C) groups is 1. The van der Waals surface area contributed by atoms with Gasteiger partial charge in [0.25, 0.3) is 0 Å². The number of hydrogen-bond acceptors (Lipinski definition) is 2. The fourth-order valence-electron chi connectivity index (χ4n) is 2.08. The van der Waals surface area contributed by atoms with E-state index in [-0.39, 0.29) is 13.1 Å². The molecule has 0 saturated carbocycles. The average molecular weight is 349 g/mol. The van der Waals surface area contributed by atoms with Crippen molar-refractivity contribution in [3.8, 4) is 12.3 Å². The van der Waals surface area contributed by atoms with Crippen molar-refractivity contribution in [1.29, 1.82) is 0 Å². The first-order valence-electron chi connectivity index (χ1n) is 7.63. The highest BCUT2D eigenvalue weighted by Gasteiger charge is 2.30. The van der Waals surface area contributed by atoms with Crippen LogP contribution in [0.2, 0.25) is 0 Å². The molecule has 2 rings (SSSR count). The average Bonchev–Trinajstić information content (AvgIpc) is 3.09. The van der Waals surface area contributed by atoms with Crippen LogP contribution in [0.1, 0.15) is 16.9 Å². The van der Waals surface area contributed by atoms with Crippen LogP contribution >= 0.6 is 0 Å². The summed E-state index contributed by atoms with van der Waals surface area (Å²) in [6.45, 7) is 0.909. The highest BCUT2D eigenvalue weighted by Crippen LogP contribution is 2.29. The van der Waals surface area contributed by atoms with Crippen LogP contribution in [0, 0.1) is 12.3 Å². The van der Waals surface area contributed by atoms with Crippen molar-refractivity contribution in [3.63, 3.8) is 0 Å². The van der Waals surface area contributed by atoms with Crippen molar-refractivity contribution in [3.05, 3.63) is 59.5 Å². The predicted octanol–water partition coefficient (Wildman–Crippen LogP) is 3.21. The van der Waals surface area contributed by atoms with Gasteiger partial charge < -0.3 is 15.1 Å². The van der Waals surface area contributed by atoms with E-state index < -0.39 is 11.7 Å². The fraction of sp³-hybridized carbons (Fsp3) is 0.278. The third-order valence-electron chi connectivity index (χ3n) is 3.28. The number of nitrogens with zero attached hydrogens (tertiary/aromatic N) is 1. The highest BCUT2D eigenvalue weighted by molar-refractivity contribution is 5.80. The molecule has 2 aromatic rings. The van der Waals surface area contributed by atoms with Gasteiger partial charge in [-0.1, -0.05) is 18.1 Å². The molecule has 1 heterocycles. The first-order valence-corrected chi connectivity index (χ1v) is 7.63. The van der Waals surface area contributed by atoms with E-state index in [1.165, 1.54) is 6.07 Å². The monoisotopic (exact) mass is 349 g/mol. The lowest BCUT2D eigenvalue weighted by Crippen LogP contribution is -2.38. The number of guanidine groups is 1. The maximum Gasteiger partial charge on any atom is 0.416 e. The first kappa shape index (κ1) is 18.5. The molecule has 0 aliphatic carbocycles. The molecule has 0 spiro atoms. The summed E-state index contributed by atoms with van der Waals surface area (Å²) >= 11 is 0. The standard InChI is InChI=1S/C18H18F3N3O/c1-2-9-22-17(23-10-8-16-7-4-11-25-16)24-13-14-5-3-6-15(12-14)18(19,20)21/h1,3-7,11-12H,8-10,13H2,(H2,22,23,24). The van der Waals surface area contributed by atoms with Crippen LogP contribution in [0.3, 0.4) is 0 Å². The Hall–Kier alpha value is -2.88. The number of alkyl halides is 3. The van der Waals surface area contributed by atoms with Crippen molar-refractivity contribution in [2.75, 3.05) is 13.1 Å². The quantitative estimate of drug-likeness (QED) is 0.478. The molecule has 0 unspecified atom stereocenters. The van der Waals surface area contributed by atoms with Crippen molar-refractivity contribution in [1.82, 2.24) is 10.6 Å². The minimum atomic E-state index is -4.37. The number of hydrogen-bond donors (Lipinski definition) is 2. The molecule has 0 radical (unpaired) electrons. The van der Waals surface area contributed by atoms with E-state index in [1.807, 2.05) is 6.07 Å². The number of nitrogens with one attached hydrogen (secondary N) is 2. The number of benzene rings is 1. The van der Waals surface area contributed by atoms with E-state index in [0.717, 1.165) is 17.9 Å². The summed E-state index contributed by atoms with van der Waals surface area (Å²) in [7, 11) is 0. The molecule has 2 N–H and O–H groups in total. The zero-order valence-corrected chi connectivity index (χ0v) is 13.4. The van der Waals surface area contributed by atoms with Gasteiger partial charge in [0.2, 0.25) is 0 Å². The van der Waals surface area contributed by atoms with Crippen LogP contribution in [-0.4, -0.2) is 19.0 Å². The molecule has 25 heavy (non-hydrogen) atoms. The molecule has 0 atom stereocenters. The van der Waals surface area contributed by atoms with Gasteiger partial charge in [0.1, 0.15) is 5.76 Å². The molecule has 0 aliphatic heterocycles. The Balaban J connectivity index is 1.98. The number of halogens is 3. The summed E-state index contributed by atoms with van der Waals surface area (Å²) < 4.78 is 43.5. The van der Waals surface area contributed by atoms with Gasteiger partial charge in [-0.3, -0.25) is 0 Å². The normalized spacial score (nSPS) is 11.8. The summed E-state index contributed by atoms with van der Waals surface area (Å²) in [4.78, 5) is 4.27. The second-order valence-electron chi connectivity index (χ2n) is 5.18. The van der Waals surface area contributed by atoms with Gasteiger partial charge in [0.05, 0.1) is 24.9 Å². The third kappa shape index (κ3) is 6.26. The van der Waals surface area contributed by atoms with E-state index >= 15 is 0 Å². The van der Waals surface area contributed by atoms with Crippen LogP contribution in [0.5, 0.6) is 0 Å². The second kappa shape index (κ2) is 8.83. The van der Waals surface area contributed by atoms with Gasteiger partial charge in [0.15, 0.2) is 5.96 Å². The van der Waals surface area contributed by atoms with Crippen molar-refractivity contribution < 1.29 is 17.6 Å². The van der Waals surface area contributed by atoms with E-state index in [9.17, 15) is 13.2 Å². The van der Waals surface area contributed by atoms with Crippen LogP contribution in [0.4, 0.5) is 13.2 Å². The Kier molecular flexibility index (Phi) is 6.52. The molecule has 132 valence electrons. The van der Waals surface area contributed by atoms with E-state index in [1.54, 1.807) is 18.4 Å². The second-order valence-corrected chi connectivity index (χ2v) is 5.18. The molecule has 0 aliphatic rings. The lowest BCUT2D eigenvalue weighted by atomic mass is 10.1. The Morgan fingerprint density at radius 3 is 2.72 bits per heavy atom. The molecule has 1 aromatic carbocycles. The minimum Gasteiger partial charge on any atom is -0.469 e. The van der Waals surface area contributed by atoms with E-state index in [2.05, 4.69) is 21.5 Å².